The van der Waals surface area contributed by atoms with Crippen molar-refractivity contribution >= 4 is 12.6 Å². The van der Waals surface area contributed by atoms with Gasteiger partial charge in [0.1, 0.15) is 5.75 Å². The predicted molar refractivity (Wildman–Crippen MR) is 78.7 cm³/mol. The lowest BCUT2D eigenvalue weighted by Gasteiger charge is -2.19. The van der Waals surface area contributed by atoms with Gasteiger partial charge in [0.05, 0.1) is 7.11 Å². The van der Waals surface area contributed by atoms with Crippen molar-refractivity contribution in [1.82, 2.24) is 4.90 Å². The zero-order valence-electron chi connectivity index (χ0n) is 12.1. The van der Waals surface area contributed by atoms with Crippen molar-refractivity contribution in [2.45, 2.75) is 32.7 Å². The van der Waals surface area contributed by atoms with Crippen LogP contribution in [0.3, 0.4) is 0 Å². The van der Waals surface area contributed by atoms with Gasteiger partial charge in [0.2, 0.25) is 0 Å². The van der Waals surface area contributed by atoms with Crippen LogP contribution in [-0.2, 0) is 6.54 Å². The average molecular weight is 265 g/mol. The van der Waals surface area contributed by atoms with E-state index >= 15 is 0 Å². The Morgan fingerprint density at radius 2 is 2.00 bits per heavy atom. The fourth-order valence-electron chi connectivity index (χ4n) is 2.10. The lowest BCUT2D eigenvalue weighted by Crippen LogP contribution is -2.35. The Bertz CT molecular complexity index is 385. The van der Waals surface area contributed by atoms with E-state index in [9.17, 15) is 10.0 Å². The molecule has 0 bridgehead atoms. The summed E-state index contributed by atoms with van der Waals surface area (Å²) in [7, 11) is 2.21. The summed E-state index contributed by atoms with van der Waals surface area (Å²) in [5.74, 6) is 0.737. The molecule has 0 fully saturated rings. The normalized spacial score (nSPS) is 10.8. The minimum atomic E-state index is -1.44. The fourth-order valence-corrected chi connectivity index (χ4v) is 2.10. The molecule has 0 aliphatic heterocycles. The van der Waals surface area contributed by atoms with E-state index in [1.807, 2.05) is 13.1 Å². The van der Waals surface area contributed by atoms with Gasteiger partial charge in [-0.25, -0.2) is 0 Å². The maximum absolute atomic E-state index is 9.39. The minimum absolute atomic E-state index is 0.545. The van der Waals surface area contributed by atoms with Crippen LogP contribution in [-0.4, -0.2) is 42.8 Å². The van der Waals surface area contributed by atoms with Gasteiger partial charge in [-0.2, -0.15) is 0 Å². The van der Waals surface area contributed by atoms with Crippen LogP contribution in [0.15, 0.2) is 18.2 Å². The van der Waals surface area contributed by atoms with E-state index in [0.29, 0.717) is 12.0 Å². The smallest absolute Gasteiger partial charge is 0.488 e. The molecule has 0 aromatic heterocycles. The van der Waals surface area contributed by atoms with Crippen LogP contribution < -0.4 is 10.2 Å². The quantitative estimate of drug-likeness (QED) is 0.544. The summed E-state index contributed by atoms with van der Waals surface area (Å²) in [4.78, 5) is 2.19. The molecular formula is C14H24BNO3. The summed E-state index contributed by atoms with van der Waals surface area (Å²) in [5, 5.41) is 18.8. The Hall–Kier alpha value is -1.04. The number of unbranched alkanes of at least 4 members (excludes halogenated alkanes) is 2. The van der Waals surface area contributed by atoms with E-state index in [1.54, 1.807) is 19.2 Å². The Balaban J connectivity index is 2.73. The van der Waals surface area contributed by atoms with Crippen LogP contribution >= 0.6 is 0 Å². The molecule has 19 heavy (non-hydrogen) atoms. The molecule has 0 aliphatic carbocycles. The summed E-state index contributed by atoms with van der Waals surface area (Å²) >= 11 is 0. The third kappa shape index (κ3) is 5.23. The van der Waals surface area contributed by atoms with Crippen LogP contribution in [0.25, 0.3) is 0 Å². The number of rotatable bonds is 8. The molecule has 4 nitrogen and oxygen atoms in total. The number of benzene rings is 1. The topological polar surface area (TPSA) is 52.9 Å². The number of methoxy groups -OCH3 is 1. The number of nitrogens with zero attached hydrogens (tertiary/aromatic N) is 1. The van der Waals surface area contributed by atoms with Gasteiger partial charge < -0.3 is 19.7 Å². The molecule has 106 valence electrons. The Morgan fingerprint density at radius 3 is 2.58 bits per heavy atom. The highest BCUT2D eigenvalue weighted by molar-refractivity contribution is 6.59. The van der Waals surface area contributed by atoms with E-state index in [-0.39, 0.29) is 0 Å². The molecule has 0 heterocycles. The molecule has 1 aromatic carbocycles. The van der Waals surface area contributed by atoms with Crippen LogP contribution in [0.2, 0.25) is 0 Å². The maximum Gasteiger partial charge on any atom is 0.488 e. The first-order chi connectivity index (χ1) is 9.08. The molecule has 0 unspecified atom stereocenters. The Labute approximate surface area is 116 Å². The van der Waals surface area contributed by atoms with Crippen molar-refractivity contribution in [2.24, 2.45) is 0 Å². The number of ether oxygens (including phenoxy) is 1. The summed E-state index contributed by atoms with van der Waals surface area (Å²) in [6.07, 6.45) is 3.58. The summed E-state index contributed by atoms with van der Waals surface area (Å²) < 4.78 is 5.19. The van der Waals surface area contributed by atoms with Crippen molar-refractivity contribution in [3.8, 4) is 5.75 Å². The molecule has 0 spiro atoms. The van der Waals surface area contributed by atoms with Gasteiger partial charge in [-0.15, -0.1) is 0 Å². The summed E-state index contributed by atoms with van der Waals surface area (Å²) in [6.45, 7) is 3.88. The second-order valence-corrected chi connectivity index (χ2v) is 4.88. The predicted octanol–water partition coefficient (Wildman–Crippen LogP) is 0.997. The highest BCUT2D eigenvalue weighted by atomic mass is 16.5. The molecule has 2 N–H and O–H groups in total. The maximum atomic E-state index is 9.39. The first-order valence-electron chi connectivity index (χ1n) is 6.80. The largest absolute Gasteiger partial charge is 0.497 e. The second kappa shape index (κ2) is 8.20. The third-order valence-electron chi connectivity index (χ3n) is 3.21. The van der Waals surface area contributed by atoms with Gasteiger partial charge in [-0.1, -0.05) is 25.8 Å². The van der Waals surface area contributed by atoms with E-state index < -0.39 is 7.12 Å². The van der Waals surface area contributed by atoms with Crippen molar-refractivity contribution in [3.63, 3.8) is 0 Å². The fraction of sp³-hybridized carbons (Fsp3) is 0.571. The highest BCUT2D eigenvalue weighted by Gasteiger charge is 2.17. The summed E-state index contributed by atoms with van der Waals surface area (Å²) in [6, 6.07) is 5.32. The van der Waals surface area contributed by atoms with Gasteiger partial charge in [-0.05, 0) is 43.2 Å². The molecule has 0 amide bonds. The van der Waals surface area contributed by atoms with Crippen LogP contribution in [0, 0.1) is 0 Å². The first-order valence-corrected chi connectivity index (χ1v) is 6.80. The van der Waals surface area contributed by atoms with Crippen LogP contribution in [0.5, 0.6) is 5.75 Å². The molecular weight excluding hydrogens is 241 g/mol. The van der Waals surface area contributed by atoms with Crippen LogP contribution in [0.4, 0.5) is 0 Å². The zero-order chi connectivity index (χ0) is 14.3. The van der Waals surface area contributed by atoms with Crippen molar-refractivity contribution in [3.05, 3.63) is 23.8 Å². The SMILES string of the molecule is CCCCCN(C)Cc1cc(OC)ccc1B(O)O. The van der Waals surface area contributed by atoms with E-state index in [4.69, 9.17) is 4.74 Å². The van der Waals surface area contributed by atoms with E-state index in [2.05, 4.69) is 11.8 Å². The van der Waals surface area contributed by atoms with Gasteiger partial charge >= 0.3 is 7.12 Å². The average Bonchev–Trinajstić information content (AvgIpc) is 2.38. The molecule has 0 saturated heterocycles. The summed E-state index contributed by atoms with van der Waals surface area (Å²) in [5.41, 5.74) is 1.44. The molecule has 1 aromatic rings. The van der Waals surface area contributed by atoms with Gasteiger partial charge in [-0.3, -0.25) is 0 Å². The Kier molecular flexibility index (Phi) is 6.91. The number of hydrogen-bond acceptors (Lipinski definition) is 4. The van der Waals surface area contributed by atoms with Crippen molar-refractivity contribution < 1.29 is 14.8 Å². The first kappa shape index (κ1) is 16.0. The standard InChI is InChI=1S/C14H24BNO3/c1-4-5-6-9-16(2)11-12-10-13(19-3)7-8-14(12)15(17)18/h7-8,10,17-18H,4-6,9,11H2,1-3H3. The minimum Gasteiger partial charge on any atom is -0.497 e. The van der Waals surface area contributed by atoms with E-state index in [1.165, 1.54) is 12.8 Å². The lowest BCUT2D eigenvalue weighted by molar-refractivity contribution is 0.317. The van der Waals surface area contributed by atoms with E-state index in [0.717, 1.165) is 24.3 Å². The zero-order valence-corrected chi connectivity index (χ0v) is 12.1. The Morgan fingerprint density at radius 1 is 1.26 bits per heavy atom. The molecule has 0 saturated carbocycles. The van der Waals surface area contributed by atoms with Crippen molar-refractivity contribution in [2.75, 3.05) is 20.7 Å². The van der Waals surface area contributed by atoms with Gasteiger partial charge in [0.15, 0.2) is 0 Å². The lowest BCUT2D eigenvalue weighted by atomic mass is 9.77. The second-order valence-electron chi connectivity index (χ2n) is 4.88. The van der Waals surface area contributed by atoms with Crippen molar-refractivity contribution in [1.29, 1.82) is 0 Å². The van der Waals surface area contributed by atoms with Gasteiger partial charge in [0, 0.05) is 6.54 Å². The molecule has 0 aliphatic rings. The van der Waals surface area contributed by atoms with Gasteiger partial charge in [0.25, 0.3) is 0 Å². The van der Waals surface area contributed by atoms with Crippen LogP contribution in [0.1, 0.15) is 31.7 Å². The third-order valence-corrected chi connectivity index (χ3v) is 3.21. The molecule has 0 radical (unpaired) electrons. The molecule has 5 heteroatoms. The molecule has 0 atom stereocenters. The molecule has 1 rings (SSSR count). The highest BCUT2D eigenvalue weighted by Crippen LogP contribution is 2.13. The monoisotopic (exact) mass is 265 g/mol. The number of hydrogen-bond donors (Lipinski definition) is 2.